The Labute approximate surface area is 351 Å². The van der Waals surface area contributed by atoms with Crippen LogP contribution in [-0.2, 0) is 25.7 Å². The zero-order valence-corrected chi connectivity index (χ0v) is 33.8. The minimum atomic E-state index is 1.15. The monoisotopic (exact) mass is 764 g/mol. The molecule has 0 saturated carbocycles. The van der Waals surface area contributed by atoms with Gasteiger partial charge in [-0.3, -0.25) is 0 Å². The van der Waals surface area contributed by atoms with Gasteiger partial charge in [0.2, 0.25) is 0 Å². The molecular weight excluding hydrogens is 721 g/mol. The fraction of sp³-hybridized carbons (Fsp3) is 0.133. The molecule has 0 saturated heterocycles. The highest BCUT2D eigenvalue weighted by Gasteiger charge is 2.28. The number of rotatable bonds is 4. The van der Waals surface area contributed by atoms with Crippen molar-refractivity contribution in [3.63, 3.8) is 0 Å². The molecule has 0 atom stereocenters. The van der Waals surface area contributed by atoms with Crippen LogP contribution in [0.25, 0.3) is 110 Å². The Balaban J connectivity index is 1.23. The van der Waals surface area contributed by atoms with Crippen molar-refractivity contribution in [1.82, 2.24) is 0 Å². The molecule has 0 aliphatic heterocycles. The van der Waals surface area contributed by atoms with Gasteiger partial charge in [0.05, 0.1) is 0 Å². The van der Waals surface area contributed by atoms with Crippen molar-refractivity contribution in [2.24, 2.45) is 0 Å². The Morgan fingerprint density at radius 1 is 0.250 bits per heavy atom. The van der Waals surface area contributed by atoms with Gasteiger partial charge < -0.3 is 0 Å². The lowest BCUT2D eigenvalue weighted by Crippen LogP contribution is -2.03. The molecule has 0 spiro atoms. The summed E-state index contributed by atoms with van der Waals surface area (Å²) in [5.41, 5.74) is 21.9. The number of benzene rings is 10. The van der Waals surface area contributed by atoms with Crippen LogP contribution in [0, 0.1) is 0 Å². The summed E-state index contributed by atoms with van der Waals surface area (Å²) in [6.07, 6.45) is 9.75. The highest BCUT2D eigenvalue weighted by Crippen LogP contribution is 2.55. The van der Waals surface area contributed by atoms with Crippen LogP contribution in [0.1, 0.15) is 47.9 Å². The number of hydrogen-bond donors (Lipinski definition) is 0. The first-order chi connectivity index (χ1) is 29.7. The maximum Gasteiger partial charge on any atom is -0.00199 e. The van der Waals surface area contributed by atoms with Gasteiger partial charge in [0.1, 0.15) is 0 Å². The van der Waals surface area contributed by atoms with Crippen LogP contribution in [0.15, 0.2) is 170 Å². The summed E-state index contributed by atoms with van der Waals surface area (Å²) < 4.78 is 0. The SMILES string of the molecule is c1ccc(-c2cc3c(-c4ccc5c(c4)CCCC5)c4cc5c(cc4c(-c4ccc6c(c4)CCCC6)c3cc2-c2ccccc2)-c2cc3ccccc3c3cccc-5c23)cc1. The summed E-state index contributed by atoms with van der Waals surface area (Å²) >= 11 is 0. The normalized spacial score (nSPS) is 14.1. The maximum atomic E-state index is 2.59. The molecule has 3 aliphatic rings. The van der Waals surface area contributed by atoms with E-state index in [-0.39, 0.29) is 0 Å². The Morgan fingerprint density at radius 3 is 1.28 bits per heavy atom. The topological polar surface area (TPSA) is 0 Å². The van der Waals surface area contributed by atoms with Gasteiger partial charge in [-0.05, 0) is 214 Å². The van der Waals surface area contributed by atoms with Gasteiger partial charge in [-0.1, -0.05) is 140 Å². The second-order valence-electron chi connectivity index (χ2n) is 17.6. The number of aryl methyl sites for hydroxylation is 4. The fourth-order valence-corrected chi connectivity index (χ4v) is 11.5. The first-order valence-corrected chi connectivity index (χ1v) is 22.2. The van der Waals surface area contributed by atoms with E-state index in [0.717, 1.165) is 12.8 Å². The summed E-state index contributed by atoms with van der Waals surface area (Å²) in [4.78, 5) is 0. The molecule has 13 rings (SSSR count). The van der Waals surface area contributed by atoms with E-state index in [1.807, 2.05) is 0 Å². The molecular formula is C60H44. The highest BCUT2D eigenvalue weighted by atomic mass is 14.3. The van der Waals surface area contributed by atoms with Crippen LogP contribution in [0.2, 0.25) is 0 Å². The molecule has 0 fully saturated rings. The number of fused-ring (bicyclic) bond motifs is 9. The average molecular weight is 765 g/mol. The molecule has 3 aliphatic carbocycles. The third kappa shape index (κ3) is 5.17. The van der Waals surface area contributed by atoms with Crippen molar-refractivity contribution >= 4 is 43.1 Å². The standard InChI is InChI=1S/C60H44/c1-3-16-39(17-4-1)49-33-54-55(34-50(49)40-18-5-2-6-19-40)59(45-29-27-38-15-8-10-21-42(38)31-45)57-36-52-51(35-56(57)58(54)44-28-26-37-14-7-9-20-41(37)30-44)48-25-13-24-47-46-23-12-11-22-43(46)32-53(52)60(47)48/h1-6,11-13,16-19,22-36H,7-10,14-15,20-21H2. The van der Waals surface area contributed by atoms with E-state index < -0.39 is 0 Å². The first-order valence-electron chi connectivity index (χ1n) is 22.2. The van der Waals surface area contributed by atoms with Gasteiger partial charge in [0.25, 0.3) is 0 Å². The van der Waals surface area contributed by atoms with Gasteiger partial charge in [0.15, 0.2) is 0 Å². The maximum absolute atomic E-state index is 2.59. The van der Waals surface area contributed by atoms with Gasteiger partial charge in [-0.2, -0.15) is 0 Å². The van der Waals surface area contributed by atoms with Gasteiger partial charge >= 0.3 is 0 Å². The highest BCUT2D eigenvalue weighted by molar-refractivity contribution is 6.29. The van der Waals surface area contributed by atoms with Gasteiger partial charge in [-0.15, -0.1) is 0 Å². The Bertz CT molecular complexity index is 3400. The van der Waals surface area contributed by atoms with Crippen molar-refractivity contribution in [1.29, 1.82) is 0 Å². The van der Waals surface area contributed by atoms with E-state index in [2.05, 4.69) is 170 Å². The molecule has 60 heavy (non-hydrogen) atoms. The summed E-state index contributed by atoms with van der Waals surface area (Å²) in [6, 6.07) is 65.7. The minimum Gasteiger partial charge on any atom is -0.0622 e. The molecule has 0 heterocycles. The molecule has 0 nitrogen and oxygen atoms in total. The van der Waals surface area contributed by atoms with Crippen LogP contribution >= 0.6 is 0 Å². The molecule has 0 heteroatoms. The zero-order chi connectivity index (χ0) is 39.3. The van der Waals surface area contributed by atoms with E-state index in [1.165, 1.54) is 171 Å². The van der Waals surface area contributed by atoms with Crippen LogP contribution in [0.3, 0.4) is 0 Å². The van der Waals surface area contributed by atoms with Crippen LogP contribution in [-0.4, -0.2) is 0 Å². The quantitative estimate of drug-likeness (QED) is 0.124. The third-order valence-corrected chi connectivity index (χ3v) is 14.3. The van der Waals surface area contributed by atoms with Crippen LogP contribution in [0.5, 0.6) is 0 Å². The van der Waals surface area contributed by atoms with Crippen LogP contribution < -0.4 is 0 Å². The minimum absolute atomic E-state index is 1.15. The van der Waals surface area contributed by atoms with E-state index in [9.17, 15) is 0 Å². The average Bonchev–Trinajstić information content (AvgIpc) is 3.62. The van der Waals surface area contributed by atoms with Crippen molar-refractivity contribution < 1.29 is 0 Å². The number of hydrogen-bond acceptors (Lipinski definition) is 0. The lowest BCUT2D eigenvalue weighted by molar-refractivity contribution is 0.686. The lowest BCUT2D eigenvalue weighted by atomic mass is 9.79. The van der Waals surface area contributed by atoms with Crippen LogP contribution in [0.4, 0.5) is 0 Å². The van der Waals surface area contributed by atoms with Crippen molar-refractivity contribution in [2.75, 3.05) is 0 Å². The van der Waals surface area contributed by atoms with Crippen molar-refractivity contribution in [3.05, 3.63) is 192 Å². The van der Waals surface area contributed by atoms with Gasteiger partial charge in [-0.25, -0.2) is 0 Å². The fourth-order valence-electron chi connectivity index (χ4n) is 11.5. The van der Waals surface area contributed by atoms with Crippen molar-refractivity contribution in [3.8, 4) is 66.8 Å². The summed E-state index contributed by atoms with van der Waals surface area (Å²) in [5, 5.41) is 10.7. The summed E-state index contributed by atoms with van der Waals surface area (Å²) in [5.74, 6) is 0. The molecule has 0 N–H and O–H groups in total. The third-order valence-electron chi connectivity index (χ3n) is 14.3. The Kier molecular flexibility index (Phi) is 7.61. The lowest BCUT2D eigenvalue weighted by Gasteiger charge is -2.24. The smallest absolute Gasteiger partial charge is 0.00199 e. The molecule has 0 aromatic heterocycles. The van der Waals surface area contributed by atoms with E-state index in [0.29, 0.717) is 0 Å². The summed E-state index contributed by atoms with van der Waals surface area (Å²) in [6.45, 7) is 0. The van der Waals surface area contributed by atoms with Gasteiger partial charge in [0, 0.05) is 0 Å². The molecule has 0 amide bonds. The Morgan fingerprint density at radius 2 is 0.717 bits per heavy atom. The van der Waals surface area contributed by atoms with E-state index in [4.69, 9.17) is 0 Å². The molecule has 10 aromatic carbocycles. The first kappa shape index (κ1) is 34.1. The predicted octanol–water partition coefficient (Wildman–Crippen LogP) is 16.4. The largest absolute Gasteiger partial charge is 0.0622 e. The zero-order valence-electron chi connectivity index (χ0n) is 33.8. The van der Waals surface area contributed by atoms with E-state index >= 15 is 0 Å². The molecule has 284 valence electrons. The van der Waals surface area contributed by atoms with Crippen molar-refractivity contribution in [2.45, 2.75) is 51.4 Å². The summed E-state index contributed by atoms with van der Waals surface area (Å²) in [7, 11) is 0. The molecule has 0 bridgehead atoms. The van der Waals surface area contributed by atoms with E-state index in [1.54, 1.807) is 0 Å². The second kappa shape index (κ2) is 13.4. The predicted molar refractivity (Wildman–Crippen MR) is 256 cm³/mol. The molecule has 0 radical (unpaired) electrons. The Hall–Kier alpha value is -6.76. The molecule has 10 aromatic rings. The second-order valence-corrected chi connectivity index (χ2v) is 17.6. The molecule has 0 unspecified atom stereocenters.